The number of fused-ring (bicyclic) bond motifs is 1. The molecule has 0 bridgehead atoms. The van der Waals surface area contributed by atoms with Crippen molar-refractivity contribution >= 4 is 16.0 Å². The number of carbonyl (C=O) groups is 1. The van der Waals surface area contributed by atoms with Crippen molar-refractivity contribution in [2.45, 2.75) is 37.9 Å². The number of nitrogens with zero attached hydrogens (tertiary/aromatic N) is 4. The third kappa shape index (κ3) is 2.43. The fraction of sp³-hybridized carbons (Fsp3) is 0.462. The first-order valence-corrected chi connectivity index (χ1v) is 8.61. The summed E-state index contributed by atoms with van der Waals surface area (Å²) < 4.78 is 28.3. The molecule has 0 spiro atoms. The van der Waals surface area contributed by atoms with Crippen LogP contribution in [0.4, 0.5) is 0 Å². The Morgan fingerprint density at radius 2 is 2.26 bits per heavy atom. The molecule has 0 fully saturated rings. The van der Waals surface area contributed by atoms with Gasteiger partial charge in [0.1, 0.15) is 0 Å². The van der Waals surface area contributed by atoms with Crippen molar-refractivity contribution in [2.24, 2.45) is 0 Å². The summed E-state index contributed by atoms with van der Waals surface area (Å²) in [5, 5.41) is 13.7. The van der Waals surface area contributed by atoms with Crippen LogP contribution in [0.15, 0.2) is 17.4 Å². The summed E-state index contributed by atoms with van der Waals surface area (Å²) in [6.07, 6.45) is 1.77. The topological polar surface area (TPSA) is 121 Å². The zero-order valence-corrected chi connectivity index (χ0v) is 13.5. The second kappa shape index (κ2) is 5.46. The Morgan fingerprint density at radius 3 is 2.91 bits per heavy atom. The van der Waals surface area contributed by atoms with Crippen LogP contribution in [0.1, 0.15) is 30.0 Å². The Labute approximate surface area is 133 Å². The number of carboxylic acids is 1. The number of nitrogens with one attached hydrogen (secondary N) is 1. The van der Waals surface area contributed by atoms with Crippen LogP contribution in [-0.2, 0) is 27.8 Å². The molecule has 2 aromatic heterocycles. The van der Waals surface area contributed by atoms with Gasteiger partial charge in [0.05, 0.1) is 17.7 Å². The van der Waals surface area contributed by atoms with E-state index >= 15 is 0 Å². The Hall–Kier alpha value is -2.20. The summed E-state index contributed by atoms with van der Waals surface area (Å²) >= 11 is 0. The van der Waals surface area contributed by atoms with Gasteiger partial charge in [-0.25, -0.2) is 13.4 Å². The van der Waals surface area contributed by atoms with Gasteiger partial charge in [0.25, 0.3) is 10.0 Å². The molecule has 23 heavy (non-hydrogen) atoms. The lowest BCUT2D eigenvalue weighted by molar-refractivity contribution is -0.142. The number of aliphatic carboxylic acids is 1. The van der Waals surface area contributed by atoms with E-state index < -0.39 is 22.0 Å². The average molecular weight is 339 g/mol. The smallest absolute Gasteiger partial charge is 0.328 e. The van der Waals surface area contributed by atoms with E-state index in [2.05, 4.69) is 15.1 Å². The van der Waals surface area contributed by atoms with Crippen molar-refractivity contribution in [2.75, 3.05) is 6.54 Å². The van der Waals surface area contributed by atoms with E-state index in [-0.39, 0.29) is 17.3 Å². The highest BCUT2D eigenvalue weighted by Crippen LogP contribution is 2.32. The number of H-pyrrole nitrogens is 1. The third-order valence-electron chi connectivity index (χ3n) is 3.85. The predicted molar refractivity (Wildman–Crippen MR) is 79.2 cm³/mol. The molecule has 0 unspecified atom stereocenters. The van der Waals surface area contributed by atoms with Crippen LogP contribution in [0, 0.1) is 6.92 Å². The Bertz CT molecular complexity index is 854. The highest BCUT2D eigenvalue weighted by atomic mass is 32.2. The maximum atomic E-state index is 13.0. The van der Waals surface area contributed by atoms with E-state index in [1.54, 1.807) is 13.8 Å². The van der Waals surface area contributed by atoms with E-state index in [9.17, 15) is 18.3 Å². The van der Waals surface area contributed by atoms with Crippen LogP contribution < -0.4 is 0 Å². The molecule has 0 aliphatic carbocycles. The summed E-state index contributed by atoms with van der Waals surface area (Å²) in [6.45, 7) is 3.92. The number of hydrogen-bond acceptors (Lipinski definition) is 5. The normalized spacial score (nSPS) is 18.8. The van der Waals surface area contributed by atoms with Crippen LogP contribution in [-0.4, -0.2) is 50.1 Å². The quantitative estimate of drug-likeness (QED) is 0.827. The minimum absolute atomic E-state index is 0.00253. The second-order valence-corrected chi connectivity index (χ2v) is 7.15. The van der Waals surface area contributed by atoms with Gasteiger partial charge in [-0.2, -0.15) is 9.40 Å². The summed E-state index contributed by atoms with van der Waals surface area (Å²) in [5.41, 5.74) is 1.46. The van der Waals surface area contributed by atoms with Gasteiger partial charge in [-0.1, -0.05) is 0 Å². The largest absolute Gasteiger partial charge is 0.480 e. The van der Waals surface area contributed by atoms with E-state index in [1.807, 2.05) is 0 Å². The van der Waals surface area contributed by atoms with Crippen molar-refractivity contribution in [3.63, 3.8) is 0 Å². The zero-order chi connectivity index (χ0) is 16.8. The van der Waals surface area contributed by atoms with Crippen molar-refractivity contribution in [3.05, 3.63) is 29.5 Å². The van der Waals surface area contributed by atoms with Crippen molar-refractivity contribution in [3.8, 4) is 0 Å². The lowest BCUT2D eigenvalue weighted by Crippen LogP contribution is -2.44. The summed E-state index contributed by atoms with van der Waals surface area (Å²) in [5.74, 6) is -1.25. The number of aromatic nitrogens is 4. The molecule has 1 aliphatic heterocycles. The first-order valence-electron chi connectivity index (χ1n) is 7.17. The summed E-state index contributed by atoms with van der Waals surface area (Å²) in [4.78, 5) is 18.5. The molecule has 0 amide bonds. The van der Waals surface area contributed by atoms with Crippen LogP contribution >= 0.6 is 0 Å². The van der Waals surface area contributed by atoms with Crippen LogP contribution in [0.3, 0.4) is 0 Å². The van der Waals surface area contributed by atoms with Gasteiger partial charge in [0.15, 0.2) is 11.1 Å². The first-order chi connectivity index (χ1) is 10.9. The monoisotopic (exact) mass is 339 g/mol. The molecule has 9 nitrogen and oxygen atoms in total. The maximum absolute atomic E-state index is 13.0. The molecule has 0 aromatic carbocycles. The number of imidazole rings is 1. The highest BCUT2D eigenvalue weighted by Gasteiger charge is 2.43. The standard InChI is InChI=1S/C13H17N5O4S/c1-3-17-10(6-8(2)16-17)23(21,22)18-5-4-9-11(15-7-14-9)12(18)13(19)20/h6-7,12H,3-5H2,1-2H3,(H,14,15)(H,19,20)/t12-/m1/s1. The number of hydrogen-bond donors (Lipinski definition) is 2. The lowest BCUT2D eigenvalue weighted by Gasteiger charge is -2.31. The van der Waals surface area contributed by atoms with Crippen LogP contribution in [0.2, 0.25) is 0 Å². The second-order valence-electron chi connectivity index (χ2n) is 5.31. The highest BCUT2D eigenvalue weighted by molar-refractivity contribution is 7.89. The minimum atomic E-state index is -4.00. The third-order valence-corrected chi connectivity index (χ3v) is 5.72. The number of sulfonamides is 1. The molecule has 2 N–H and O–H groups in total. The molecule has 0 saturated carbocycles. The van der Waals surface area contributed by atoms with Gasteiger partial charge in [0.2, 0.25) is 0 Å². The van der Waals surface area contributed by atoms with E-state index in [4.69, 9.17) is 0 Å². The van der Waals surface area contributed by atoms with E-state index in [1.165, 1.54) is 17.1 Å². The molecular weight excluding hydrogens is 322 g/mol. The fourth-order valence-corrected chi connectivity index (χ4v) is 4.63. The first kappa shape index (κ1) is 15.7. The van der Waals surface area contributed by atoms with Crippen molar-refractivity contribution in [1.29, 1.82) is 0 Å². The van der Waals surface area contributed by atoms with Gasteiger partial charge in [-0.15, -0.1) is 0 Å². The fourth-order valence-electron chi connectivity index (χ4n) is 2.83. The van der Waals surface area contributed by atoms with E-state index in [0.29, 0.717) is 24.4 Å². The molecule has 0 saturated heterocycles. The van der Waals surface area contributed by atoms with Crippen LogP contribution in [0.25, 0.3) is 0 Å². The maximum Gasteiger partial charge on any atom is 0.328 e. The number of aryl methyl sites for hydroxylation is 2. The number of carboxylic acid groups (broad SMARTS) is 1. The average Bonchev–Trinajstić information content (AvgIpc) is 3.11. The number of aromatic amines is 1. The molecule has 2 aromatic rings. The Kier molecular flexibility index (Phi) is 3.72. The van der Waals surface area contributed by atoms with Crippen molar-refractivity contribution < 1.29 is 18.3 Å². The molecule has 124 valence electrons. The van der Waals surface area contributed by atoms with Gasteiger partial charge >= 0.3 is 5.97 Å². The van der Waals surface area contributed by atoms with Crippen LogP contribution in [0.5, 0.6) is 0 Å². The minimum Gasteiger partial charge on any atom is -0.480 e. The molecule has 1 atom stereocenters. The predicted octanol–water partition coefficient (Wildman–Crippen LogP) is 0.307. The van der Waals surface area contributed by atoms with Gasteiger partial charge in [-0.05, 0) is 19.9 Å². The summed E-state index contributed by atoms with van der Waals surface area (Å²) in [6, 6.07) is 0.119. The Morgan fingerprint density at radius 1 is 1.52 bits per heavy atom. The summed E-state index contributed by atoms with van der Waals surface area (Å²) in [7, 11) is -4.00. The lowest BCUT2D eigenvalue weighted by atomic mass is 10.1. The molecule has 3 rings (SSSR count). The SMILES string of the molecule is CCn1nc(C)cc1S(=O)(=O)N1CCc2[nH]cnc2[C@@H]1C(=O)O. The van der Waals surface area contributed by atoms with E-state index in [0.717, 1.165) is 4.31 Å². The molecule has 1 aliphatic rings. The van der Waals surface area contributed by atoms with Gasteiger partial charge in [0, 0.05) is 25.2 Å². The van der Waals surface area contributed by atoms with Crippen molar-refractivity contribution in [1.82, 2.24) is 24.1 Å². The molecular formula is C13H17N5O4S. The molecule has 10 heteroatoms. The zero-order valence-electron chi connectivity index (χ0n) is 12.7. The Balaban J connectivity index is 2.11. The molecule has 0 radical (unpaired) electrons. The van der Waals surface area contributed by atoms with Gasteiger partial charge < -0.3 is 10.1 Å². The molecule has 3 heterocycles. The van der Waals surface area contributed by atoms with Gasteiger partial charge in [-0.3, -0.25) is 9.48 Å². The number of rotatable bonds is 4.